The van der Waals surface area contributed by atoms with E-state index in [1.165, 1.54) is 12.8 Å². The summed E-state index contributed by atoms with van der Waals surface area (Å²) in [5.74, 6) is -0.203. The van der Waals surface area contributed by atoms with Crippen LogP contribution in [0.15, 0.2) is 0 Å². The number of hydrogen-bond acceptors (Lipinski definition) is 2. The van der Waals surface area contributed by atoms with E-state index in [9.17, 15) is 14.7 Å². The highest BCUT2D eigenvalue weighted by Gasteiger charge is 2.47. The minimum Gasteiger partial charge on any atom is -0.480 e. The standard InChI is InChI=1S/C12H18O3/c13-10-3-1-2-7-12(10,11(14)15)8-6-9-4-5-9/h9H,1-8H2,(H,14,15). The summed E-state index contributed by atoms with van der Waals surface area (Å²) in [7, 11) is 0. The fourth-order valence-corrected chi connectivity index (χ4v) is 2.55. The summed E-state index contributed by atoms with van der Waals surface area (Å²) in [5, 5.41) is 9.27. The molecule has 84 valence electrons. The van der Waals surface area contributed by atoms with Gasteiger partial charge >= 0.3 is 5.97 Å². The Morgan fingerprint density at radius 2 is 2.13 bits per heavy atom. The van der Waals surface area contributed by atoms with E-state index in [4.69, 9.17) is 0 Å². The van der Waals surface area contributed by atoms with Crippen LogP contribution in [-0.4, -0.2) is 16.9 Å². The van der Waals surface area contributed by atoms with Crippen molar-refractivity contribution in [2.45, 2.75) is 51.4 Å². The van der Waals surface area contributed by atoms with Crippen molar-refractivity contribution < 1.29 is 14.7 Å². The van der Waals surface area contributed by atoms with Crippen molar-refractivity contribution in [3.05, 3.63) is 0 Å². The number of Topliss-reactive ketones (excluding diaryl/α,β-unsaturated/α-hetero) is 1. The molecule has 0 aromatic rings. The molecular weight excluding hydrogens is 192 g/mol. The van der Waals surface area contributed by atoms with Gasteiger partial charge in [-0.05, 0) is 31.6 Å². The molecular formula is C12H18O3. The highest BCUT2D eigenvalue weighted by molar-refractivity contribution is 6.03. The van der Waals surface area contributed by atoms with E-state index in [1.54, 1.807) is 0 Å². The van der Waals surface area contributed by atoms with Gasteiger partial charge in [-0.2, -0.15) is 0 Å². The van der Waals surface area contributed by atoms with Crippen LogP contribution < -0.4 is 0 Å². The second-order valence-electron chi connectivity index (χ2n) is 5.00. The van der Waals surface area contributed by atoms with Gasteiger partial charge in [0.15, 0.2) is 0 Å². The Morgan fingerprint density at radius 1 is 1.40 bits per heavy atom. The maximum Gasteiger partial charge on any atom is 0.317 e. The molecule has 2 fully saturated rings. The molecule has 0 saturated heterocycles. The molecule has 3 nitrogen and oxygen atoms in total. The van der Waals surface area contributed by atoms with Gasteiger partial charge in [-0.15, -0.1) is 0 Å². The Hall–Kier alpha value is -0.860. The summed E-state index contributed by atoms with van der Waals surface area (Å²) in [6.07, 6.45) is 6.75. The Balaban J connectivity index is 2.05. The zero-order valence-corrected chi connectivity index (χ0v) is 9.00. The molecule has 2 rings (SSSR count). The third kappa shape index (κ3) is 2.06. The molecule has 0 bridgehead atoms. The zero-order valence-electron chi connectivity index (χ0n) is 9.00. The largest absolute Gasteiger partial charge is 0.480 e. The molecule has 2 aliphatic carbocycles. The number of carboxylic acid groups (broad SMARTS) is 1. The summed E-state index contributed by atoms with van der Waals surface area (Å²) in [4.78, 5) is 23.1. The number of rotatable bonds is 4. The van der Waals surface area contributed by atoms with E-state index in [0.717, 1.165) is 19.3 Å². The van der Waals surface area contributed by atoms with E-state index >= 15 is 0 Å². The van der Waals surface area contributed by atoms with Crippen LogP contribution in [0.1, 0.15) is 51.4 Å². The number of carboxylic acids is 1. The van der Waals surface area contributed by atoms with Crippen LogP contribution >= 0.6 is 0 Å². The summed E-state index contributed by atoms with van der Waals surface area (Å²) >= 11 is 0. The quantitative estimate of drug-likeness (QED) is 0.725. The van der Waals surface area contributed by atoms with E-state index in [2.05, 4.69) is 0 Å². The third-order valence-corrected chi connectivity index (χ3v) is 3.88. The zero-order chi connectivity index (χ0) is 10.9. The number of carbonyl (C=O) groups excluding carboxylic acids is 1. The topological polar surface area (TPSA) is 54.4 Å². The van der Waals surface area contributed by atoms with Gasteiger partial charge in [-0.25, -0.2) is 0 Å². The van der Waals surface area contributed by atoms with Gasteiger partial charge in [0, 0.05) is 6.42 Å². The summed E-state index contributed by atoms with van der Waals surface area (Å²) in [5.41, 5.74) is -1.01. The lowest BCUT2D eigenvalue weighted by atomic mass is 9.70. The Labute approximate surface area is 89.9 Å². The molecule has 1 atom stereocenters. The van der Waals surface area contributed by atoms with Gasteiger partial charge in [0.05, 0.1) is 0 Å². The van der Waals surface area contributed by atoms with Crippen molar-refractivity contribution in [2.75, 3.05) is 0 Å². The van der Waals surface area contributed by atoms with Crippen molar-refractivity contribution in [3.8, 4) is 0 Å². The van der Waals surface area contributed by atoms with Crippen molar-refractivity contribution >= 4 is 11.8 Å². The second kappa shape index (κ2) is 3.95. The summed E-state index contributed by atoms with van der Waals surface area (Å²) in [6, 6.07) is 0. The smallest absolute Gasteiger partial charge is 0.317 e. The van der Waals surface area contributed by atoms with Crippen LogP contribution in [0, 0.1) is 11.3 Å². The monoisotopic (exact) mass is 210 g/mol. The number of carbonyl (C=O) groups is 2. The molecule has 0 amide bonds. The van der Waals surface area contributed by atoms with Gasteiger partial charge < -0.3 is 5.11 Å². The van der Waals surface area contributed by atoms with Crippen molar-refractivity contribution in [1.29, 1.82) is 0 Å². The number of hydrogen-bond donors (Lipinski definition) is 1. The second-order valence-corrected chi connectivity index (χ2v) is 5.00. The van der Waals surface area contributed by atoms with Crippen molar-refractivity contribution in [2.24, 2.45) is 11.3 Å². The molecule has 2 saturated carbocycles. The molecule has 2 aliphatic rings. The Kier molecular flexibility index (Phi) is 2.81. The Bertz CT molecular complexity index is 281. The van der Waals surface area contributed by atoms with Crippen LogP contribution in [0.5, 0.6) is 0 Å². The Morgan fingerprint density at radius 3 is 2.67 bits per heavy atom. The van der Waals surface area contributed by atoms with Crippen LogP contribution in [0.4, 0.5) is 0 Å². The van der Waals surface area contributed by atoms with E-state index in [1.807, 2.05) is 0 Å². The van der Waals surface area contributed by atoms with Gasteiger partial charge in [0.25, 0.3) is 0 Å². The summed E-state index contributed by atoms with van der Waals surface area (Å²) in [6.45, 7) is 0. The molecule has 0 aromatic heterocycles. The predicted octanol–water partition coefficient (Wildman–Crippen LogP) is 2.39. The van der Waals surface area contributed by atoms with Gasteiger partial charge in [-0.1, -0.05) is 19.3 Å². The molecule has 1 unspecified atom stereocenters. The SMILES string of the molecule is O=C(O)C1(CCC2CC2)CCCCC1=O. The first kappa shape index (κ1) is 10.7. The maximum absolute atomic E-state index is 11.8. The average Bonchev–Trinajstić information content (AvgIpc) is 3.00. The first-order valence-electron chi connectivity index (χ1n) is 5.92. The lowest BCUT2D eigenvalue weighted by Crippen LogP contribution is -2.41. The van der Waals surface area contributed by atoms with E-state index in [-0.39, 0.29) is 5.78 Å². The normalized spacial score (nSPS) is 31.6. The van der Waals surface area contributed by atoms with E-state index < -0.39 is 11.4 Å². The van der Waals surface area contributed by atoms with Crippen molar-refractivity contribution in [3.63, 3.8) is 0 Å². The molecule has 0 radical (unpaired) electrons. The van der Waals surface area contributed by atoms with Crippen LogP contribution in [0.25, 0.3) is 0 Å². The molecule has 1 N–H and O–H groups in total. The summed E-state index contributed by atoms with van der Waals surface area (Å²) < 4.78 is 0. The minimum absolute atomic E-state index is 0.0260. The maximum atomic E-state index is 11.8. The number of ketones is 1. The highest BCUT2D eigenvalue weighted by Crippen LogP contribution is 2.42. The molecule has 15 heavy (non-hydrogen) atoms. The first-order chi connectivity index (χ1) is 7.15. The minimum atomic E-state index is -1.01. The fraction of sp³-hybridized carbons (Fsp3) is 0.833. The third-order valence-electron chi connectivity index (χ3n) is 3.88. The molecule has 0 aliphatic heterocycles. The first-order valence-corrected chi connectivity index (χ1v) is 5.92. The molecule has 0 spiro atoms. The van der Waals surface area contributed by atoms with Crippen LogP contribution in [0.3, 0.4) is 0 Å². The molecule has 3 heteroatoms. The average molecular weight is 210 g/mol. The predicted molar refractivity (Wildman–Crippen MR) is 55.5 cm³/mol. The van der Waals surface area contributed by atoms with Gasteiger partial charge in [0.1, 0.15) is 11.2 Å². The van der Waals surface area contributed by atoms with Crippen LogP contribution in [0.2, 0.25) is 0 Å². The number of aliphatic carboxylic acids is 1. The lowest BCUT2D eigenvalue weighted by Gasteiger charge is -2.31. The van der Waals surface area contributed by atoms with Crippen LogP contribution in [-0.2, 0) is 9.59 Å². The fourth-order valence-electron chi connectivity index (χ4n) is 2.55. The van der Waals surface area contributed by atoms with Gasteiger partial charge in [0.2, 0.25) is 0 Å². The lowest BCUT2D eigenvalue weighted by molar-refractivity contribution is -0.157. The van der Waals surface area contributed by atoms with Crippen molar-refractivity contribution in [1.82, 2.24) is 0 Å². The van der Waals surface area contributed by atoms with E-state index in [0.29, 0.717) is 25.2 Å². The molecule has 0 heterocycles. The van der Waals surface area contributed by atoms with Gasteiger partial charge in [-0.3, -0.25) is 9.59 Å². The molecule has 0 aromatic carbocycles. The highest BCUT2D eigenvalue weighted by atomic mass is 16.4.